The van der Waals surface area contributed by atoms with Gasteiger partial charge in [-0.05, 0) is 43.6 Å². The number of likely N-dealkylation sites (tertiary alicyclic amines) is 1. The van der Waals surface area contributed by atoms with Crippen molar-refractivity contribution in [2.24, 2.45) is 11.8 Å². The van der Waals surface area contributed by atoms with Gasteiger partial charge in [-0.1, -0.05) is 56.5 Å². The summed E-state index contributed by atoms with van der Waals surface area (Å²) in [5, 5.41) is 3.34. The molecule has 24 heavy (non-hydrogen) atoms. The Balaban J connectivity index is 1.82. The summed E-state index contributed by atoms with van der Waals surface area (Å²) in [4.78, 5) is 15.6. The van der Waals surface area contributed by atoms with E-state index in [1.807, 2.05) is 0 Å². The maximum atomic E-state index is 13.1. The molecule has 1 heterocycles. The third kappa shape index (κ3) is 4.18. The van der Waals surface area contributed by atoms with Crippen LogP contribution in [0.25, 0.3) is 0 Å². The lowest BCUT2D eigenvalue weighted by atomic mass is 9.89. The smallest absolute Gasteiger partial charge is 0.242 e. The highest BCUT2D eigenvalue weighted by Gasteiger charge is 2.34. The first-order valence-electron chi connectivity index (χ1n) is 9.64. The Labute approximate surface area is 146 Å². The van der Waals surface area contributed by atoms with E-state index >= 15 is 0 Å². The largest absolute Gasteiger partial charge is 0.352 e. The Morgan fingerprint density at radius 3 is 2.25 bits per heavy atom. The summed E-state index contributed by atoms with van der Waals surface area (Å²) >= 11 is 0. The molecule has 1 saturated heterocycles. The third-order valence-corrected chi connectivity index (χ3v) is 5.61. The van der Waals surface area contributed by atoms with Crippen LogP contribution in [-0.4, -0.2) is 29.9 Å². The van der Waals surface area contributed by atoms with Gasteiger partial charge in [0.25, 0.3) is 0 Å². The monoisotopic (exact) mass is 328 g/mol. The average Bonchev–Trinajstić information content (AvgIpc) is 3.01. The van der Waals surface area contributed by atoms with Gasteiger partial charge in [0.05, 0.1) is 0 Å². The number of rotatable bonds is 4. The number of benzene rings is 1. The maximum absolute atomic E-state index is 13.1. The van der Waals surface area contributed by atoms with E-state index in [1.54, 1.807) is 0 Å². The highest BCUT2D eigenvalue weighted by atomic mass is 16.2. The van der Waals surface area contributed by atoms with Gasteiger partial charge in [0.1, 0.15) is 6.04 Å². The van der Waals surface area contributed by atoms with Gasteiger partial charge in [-0.3, -0.25) is 9.69 Å². The van der Waals surface area contributed by atoms with Crippen molar-refractivity contribution >= 4 is 5.91 Å². The first-order chi connectivity index (χ1) is 11.5. The van der Waals surface area contributed by atoms with Crippen LogP contribution in [0.2, 0.25) is 0 Å². The molecule has 1 aliphatic heterocycles. The molecule has 132 valence electrons. The fraction of sp³-hybridized carbons (Fsp3) is 0.667. The van der Waals surface area contributed by atoms with Crippen molar-refractivity contribution in [2.45, 2.75) is 65.0 Å². The number of amides is 1. The molecule has 3 unspecified atom stereocenters. The molecule has 0 bridgehead atoms. The predicted molar refractivity (Wildman–Crippen MR) is 98.8 cm³/mol. The predicted octanol–water partition coefficient (Wildman–Crippen LogP) is 4.07. The Morgan fingerprint density at radius 2 is 1.67 bits per heavy atom. The molecule has 1 aliphatic carbocycles. The summed E-state index contributed by atoms with van der Waals surface area (Å²) < 4.78 is 0. The van der Waals surface area contributed by atoms with Crippen LogP contribution in [0.3, 0.4) is 0 Å². The summed E-state index contributed by atoms with van der Waals surface area (Å²) in [7, 11) is 0. The SMILES string of the molecule is Cc1ccc(C(C(=O)NC2CCCC2)N2CC(C)CC(C)C2)cc1. The molecular formula is C21H32N2O. The molecule has 2 fully saturated rings. The number of carbonyl (C=O) groups excluding carboxylic acids is 1. The molecule has 2 aliphatic rings. The van der Waals surface area contributed by atoms with Crippen molar-refractivity contribution in [1.82, 2.24) is 10.2 Å². The molecule has 3 heteroatoms. The van der Waals surface area contributed by atoms with Crippen LogP contribution in [-0.2, 0) is 4.79 Å². The zero-order valence-electron chi connectivity index (χ0n) is 15.4. The van der Waals surface area contributed by atoms with Crippen LogP contribution in [0, 0.1) is 18.8 Å². The number of carbonyl (C=O) groups is 1. The molecule has 0 aromatic heterocycles. The lowest BCUT2D eigenvalue weighted by Gasteiger charge is -2.40. The Morgan fingerprint density at radius 1 is 1.08 bits per heavy atom. The normalized spacial score (nSPS) is 27.1. The van der Waals surface area contributed by atoms with Crippen molar-refractivity contribution in [2.75, 3.05) is 13.1 Å². The summed E-state index contributed by atoms with van der Waals surface area (Å²) in [6.45, 7) is 8.75. The molecule has 1 amide bonds. The second kappa shape index (κ2) is 7.69. The molecule has 1 aromatic rings. The standard InChI is InChI=1S/C21H32N2O/c1-15-8-10-18(11-9-15)20(21(24)22-19-6-4-5-7-19)23-13-16(2)12-17(3)14-23/h8-11,16-17,19-20H,4-7,12-14H2,1-3H3,(H,22,24). The van der Waals surface area contributed by atoms with Crippen molar-refractivity contribution < 1.29 is 4.79 Å². The number of aryl methyl sites for hydroxylation is 1. The zero-order valence-corrected chi connectivity index (χ0v) is 15.4. The van der Waals surface area contributed by atoms with Gasteiger partial charge in [-0.15, -0.1) is 0 Å². The van der Waals surface area contributed by atoms with Gasteiger partial charge in [-0.2, -0.15) is 0 Å². The van der Waals surface area contributed by atoms with Crippen LogP contribution in [0.15, 0.2) is 24.3 Å². The van der Waals surface area contributed by atoms with Crippen LogP contribution in [0.5, 0.6) is 0 Å². The molecule has 0 spiro atoms. The minimum absolute atomic E-state index is 0.142. The minimum atomic E-state index is -0.142. The first kappa shape index (κ1) is 17.5. The maximum Gasteiger partial charge on any atom is 0.242 e. The highest BCUT2D eigenvalue weighted by Crippen LogP contribution is 2.30. The average molecular weight is 329 g/mol. The quantitative estimate of drug-likeness (QED) is 0.903. The van der Waals surface area contributed by atoms with Gasteiger partial charge in [-0.25, -0.2) is 0 Å². The van der Waals surface area contributed by atoms with Gasteiger partial charge in [0, 0.05) is 19.1 Å². The first-order valence-corrected chi connectivity index (χ1v) is 9.64. The second-order valence-electron chi connectivity index (χ2n) is 8.20. The Bertz CT molecular complexity index is 537. The number of hydrogen-bond donors (Lipinski definition) is 1. The van der Waals surface area contributed by atoms with Gasteiger partial charge in [0.15, 0.2) is 0 Å². The second-order valence-corrected chi connectivity index (χ2v) is 8.20. The van der Waals surface area contributed by atoms with E-state index in [2.05, 4.69) is 55.3 Å². The van der Waals surface area contributed by atoms with Crippen LogP contribution >= 0.6 is 0 Å². The van der Waals surface area contributed by atoms with E-state index in [9.17, 15) is 4.79 Å². The number of hydrogen-bond acceptors (Lipinski definition) is 2. The van der Waals surface area contributed by atoms with Crippen LogP contribution < -0.4 is 5.32 Å². The summed E-state index contributed by atoms with van der Waals surface area (Å²) in [6, 6.07) is 8.77. The third-order valence-electron chi connectivity index (χ3n) is 5.61. The van der Waals surface area contributed by atoms with E-state index in [1.165, 1.54) is 24.8 Å². The molecule has 3 nitrogen and oxygen atoms in total. The van der Waals surface area contributed by atoms with E-state index in [-0.39, 0.29) is 11.9 Å². The van der Waals surface area contributed by atoms with E-state index in [0.717, 1.165) is 31.5 Å². The number of piperidine rings is 1. The lowest BCUT2D eigenvalue weighted by molar-refractivity contribution is -0.128. The van der Waals surface area contributed by atoms with Crippen molar-refractivity contribution in [3.63, 3.8) is 0 Å². The molecule has 3 atom stereocenters. The summed E-state index contributed by atoms with van der Waals surface area (Å²) in [5.41, 5.74) is 2.38. The Kier molecular flexibility index (Phi) is 5.60. The fourth-order valence-corrected chi connectivity index (χ4v) is 4.55. The molecule has 1 saturated carbocycles. The van der Waals surface area contributed by atoms with Crippen LogP contribution in [0.4, 0.5) is 0 Å². The van der Waals surface area contributed by atoms with E-state index < -0.39 is 0 Å². The number of nitrogens with one attached hydrogen (secondary N) is 1. The topological polar surface area (TPSA) is 32.3 Å². The Hall–Kier alpha value is -1.35. The van der Waals surface area contributed by atoms with E-state index in [0.29, 0.717) is 17.9 Å². The van der Waals surface area contributed by atoms with Crippen LogP contribution in [0.1, 0.15) is 63.1 Å². The minimum Gasteiger partial charge on any atom is -0.352 e. The van der Waals surface area contributed by atoms with Crippen molar-refractivity contribution in [1.29, 1.82) is 0 Å². The molecule has 0 radical (unpaired) electrons. The zero-order chi connectivity index (χ0) is 17.1. The summed E-state index contributed by atoms with van der Waals surface area (Å²) in [6.07, 6.45) is 6.04. The number of nitrogens with zero attached hydrogens (tertiary/aromatic N) is 1. The van der Waals surface area contributed by atoms with Crippen molar-refractivity contribution in [3.8, 4) is 0 Å². The highest BCUT2D eigenvalue weighted by molar-refractivity contribution is 5.83. The van der Waals surface area contributed by atoms with E-state index in [4.69, 9.17) is 0 Å². The molecule has 1 N–H and O–H groups in total. The fourth-order valence-electron chi connectivity index (χ4n) is 4.55. The van der Waals surface area contributed by atoms with Gasteiger partial charge >= 0.3 is 0 Å². The van der Waals surface area contributed by atoms with Gasteiger partial charge < -0.3 is 5.32 Å². The molecule has 1 aromatic carbocycles. The molecular weight excluding hydrogens is 296 g/mol. The van der Waals surface area contributed by atoms with Gasteiger partial charge in [0.2, 0.25) is 5.91 Å². The lowest BCUT2D eigenvalue weighted by Crippen LogP contribution is -2.48. The molecule has 3 rings (SSSR count). The summed E-state index contributed by atoms with van der Waals surface area (Å²) in [5.74, 6) is 1.51. The van der Waals surface area contributed by atoms with Crippen molar-refractivity contribution in [3.05, 3.63) is 35.4 Å².